The monoisotopic (exact) mass is 558 g/mol. The molecular weight excluding hydrogens is 492 g/mol. The first-order valence-electron chi connectivity index (χ1n) is 15.0. The fourth-order valence-electron chi connectivity index (χ4n) is 3.34. The van der Waals surface area contributed by atoms with Crippen molar-refractivity contribution in [3.05, 3.63) is 0 Å². The van der Waals surface area contributed by atoms with Gasteiger partial charge in [-0.1, -0.05) is 103 Å². The van der Waals surface area contributed by atoms with E-state index < -0.39 is 0 Å². The van der Waals surface area contributed by atoms with E-state index in [-0.39, 0.29) is 26.4 Å². The minimum Gasteiger partial charge on any atom is -0.400 e. The lowest BCUT2D eigenvalue weighted by molar-refractivity contribution is 0.0222. The molecule has 0 aromatic rings. The van der Waals surface area contributed by atoms with Crippen LogP contribution in [0.4, 0.5) is 0 Å². The quantitative estimate of drug-likeness (QED) is 0.0827. The molecule has 0 fully saturated rings. The summed E-state index contributed by atoms with van der Waals surface area (Å²) in [7, 11) is 1.00. The minimum atomic E-state index is 0.0278. The SMILES string of the molecule is CCCCCCCCCCCCCCCCCCO.CO.OCCOCCO.OCCOCCOCCO. The molecule has 0 unspecified atom stereocenters. The van der Waals surface area contributed by atoms with Crippen molar-refractivity contribution in [1.29, 1.82) is 0 Å². The highest BCUT2D eigenvalue weighted by molar-refractivity contribution is 4.49. The van der Waals surface area contributed by atoms with Crippen molar-refractivity contribution in [1.82, 2.24) is 0 Å². The molecule has 0 radical (unpaired) electrons. The van der Waals surface area contributed by atoms with E-state index in [2.05, 4.69) is 11.7 Å². The van der Waals surface area contributed by atoms with E-state index in [1.54, 1.807) is 0 Å². The Morgan fingerprint density at radius 2 is 0.553 bits per heavy atom. The smallest absolute Gasteiger partial charge is 0.0701 e. The second-order valence-corrected chi connectivity index (χ2v) is 8.76. The summed E-state index contributed by atoms with van der Waals surface area (Å²) in [6.45, 7) is 5.08. The summed E-state index contributed by atoms with van der Waals surface area (Å²) in [5, 5.41) is 48.4. The standard InChI is InChI=1S/C18H38O.C6H14O4.C4H10O3.CH4O/c1-2-3-4-5-6-7-8-9-10-11-12-13-14-15-16-17-18-19;7-1-3-9-5-6-10-4-2-8;5-1-3-7-4-2-6;1-2/h19H,2-18H2,1H3;7-8H,1-6H2;5-6H,1-4H2;2H,1H3. The van der Waals surface area contributed by atoms with E-state index in [9.17, 15) is 0 Å². The number of hydrogen-bond donors (Lipinski definition) is 6. The summed E-state index contributed by atoms with van der Waals surface area (Å²) in [5.74, 6) is 0. The first-order chi connectivity index (χ1) is 18.7. The molecule has 6 N–H and O–H groups in total. The Labute approximate surface area is 234 Å². The zero-order valence-electron chi connectivity index (χ0n) is 25.0. The molecule has 0 rings (SSSR count). The summed E-state index contributed by atoms with van der Waals surface area (Å²) >= 11 is 0. The van der Waals surface area contributed by atoms with Gasteiger partial charge in [0.25, 0.3) is 0 Å². The van der Waals surface area contributed by atoms with Crippen molar-refractivity contribution >= 4 is 0 Å². The maximum Gasteiger partial charge on any atom is 0.0701 e. The number of unbranched alkanes of at least 4 members (excludes halogenated alkanes) is 15. The summed E-state index contributed by atoms with van der Waals surface area (Å²) in [4.78, 5) is 0. The van der Waals surface area contributed by atoms with E-state index in [4.69, 9.17) is 40.1 Å². The third-order valence-electron chi connectivity index (χ3n) is 5.33. The Bertz CT molecular complexity index is 296. The summed E-state index contributed by atoms with van der Waals surface area (Å²) in [6.07, 6.45) is 22.2. The molecule has 0 atom stereocenters. The minimum absolute atomic E-state index is 0.0278. The van der Waals surface area contributed by atoms with Crippen molar-refractivity contribution in [3.63, 3.8) is 0 Å². The highest BCUT2D eigenvalue weighted by atomic mass is 16.5. The van der Waals surface area contributed by atoms with Gasteiger partial charge in [0.15, 0.2) is 0 Å². The van der Waals surface area contributed by atoms with Crippen molar-refractivity contribution in [2.45, 2.75) is 110 Å². The predicted molar refractivity (Wildman–Crippen MR) is 156 cm³/mol. The molecule has 38 heavy (non-hydrogen) atoms. The Balaban J connectivity index is -0.000000253. The van der Waals surface area contributed by atoms with E-state index >= 15 is 0 Å². The highest BCUT2D eigenvalue weighted by Crippen LogP contribution is 2.13. The van der Waals surface area contributed by atoms with E-state index in [1.165, 1.54) is 96.3 Å². The maximum atomic E-state index is 8.67. The Morgan fingerprint density at radius 1 is 0.316 bits per heavy atom. The van der Waals surface area contributed by atoms with Gasteiger partial charge in [-0.05, 0) is 6.42 Å². The first-order valence-corrected chi connectivity index (χ1v) is 15.0. The van der Waals surface area contributed by atoms with Gasteiger partial charge in [-0.25, -0.2) is 0 Å². The maximum absolute atomic E-state index is 8.67. The lowest BCUT2D eigenvalue weighted by Crippen LogP contribution is -2.09. The molecule has 0 aliphatic heterocycles. The fraction of sp³-hybridized carbons (Fsp3) is 1.00. The molecule has 0 aliphatic carbocycles. The van der Waals surface area contributed by atoms with Crippen LogP contribution in [0.15, 0.2) is 0 Å². The number of aliphatic hydroxyl groups excluding tert-OH is 6. The van der Waals surface area contributed by atoms with E-state index in [0.717, 1.165) is 13.5 Å². The third kappa shape index (κ3) is 60.3. The average Bonchev–Trinajstić information content (AvgIpc) is 2.95. The third-order valence-corrected chi connectivity index (χ3v) is 5.33. The van der Waals surface area contributed by atoms with Crippen molar-refractivity contribution in [2.24, 2.45) is 0 Å². The molecule has 0 spiro atoms. The van der Waals surface area contributed by atoms with Gasteiger partial charge in [-0.15, -0.1) is 0 Å². The van der Waals surface area contributed by atoms with Crippen LogP contribution >= 0.6 is 0 Å². The molecular formula is C29H66O9. The molecule has 9 nitrogen and oxygen atoms in total. The molecule has 0 aliphatic rings. The normalized spacial score (nSPS) is 10.1. The van der Waals surface area contributed by atoms with Gasteiger partial charge >= 0.3 is 0 Å². The van der Waals surface area contributed by atoms with Crippen LogP contribution in [0, 0.1) is 0 Å². The molecule has 0 amide bonds. The van der Waals surface area contributed by atoms with Crippen LogP contribution < -0.4 is 0 Å². The first kappa shape index (κ1) is 44.7. The summed E-state index contributed by atoms with van der Waals surface area (Å²) in [5.41, 5.74) is 0. The Hall–Kier alpha value is -0.360. The van der Waals surface area contributed by atoms with Crippen LogP contribution in [0.1, 0.15) is 110 Å². The van der Waals surface area contributed by atoms with Gasteiger partial charge in [0.2, 0.25) is 0 Å². The topological polar surface area (TPSA) is 149 Å². The summed E-state index contributed by atoms with van der Waals surface area (Å²) in [6, 6.07) is 0. The Morgan fingerprint density at radius 3 is 0.789 bits per heavy atom. The zero-order chi connectivity index (χ0) is 29.2. The lowest BCUT2D eigenvalue weighted by atomic mass is 10.0. The number of rotatable bonds is 27. The molecule has 0 saturated carbocycles. The van der Waals surface area contributed by atoms with Gasteiger partial charge in [0.05, 0.1) is 66.1 Å². The Kier molecular flexibility index (Phi) is 62.3. The average molecular weight is 559 g/mol. The van der Waals surface area contributed by atoms with Gasteiger partial charge in [-0.3, -0.25) is 0 Å². The zero-order valence-corrected chi connectivity index (χ0v) is 25.0. The van der Waals surface area contributed by atoms with Crippen LogP contribution in [-0.4, -0.2) is 110 Å². The van der Waals surface area contributed by atoms with Crippen LogP contribution in [0.25, 0.3) is 0 Å². The molecule has 0 bridgehead atoms. The molecule has 9 heteroatoms. The van der Waals surface area contributed by atoms with Crippen molar-refractivity contribution in [2.75, 3.05) is 79.8 Å². The van der Waals surface area contributed by atoms with Gasteiger partial charge < -0.3 is 44.8 Å². The van der Waals surface area contributed by atoms with E-state index in [1.807, 2.05) is 0 Å². The molecule has 0 aromatic heterocycles. The molecule has 0 aromatic carbocycles. The number of ether oxygens (including phenoxy) is 3. The molecule has 0 heterocycles. The van der Waals surface area contributed by atoms with Crippen LogP contribution in [0.5, 0.6) is 0 Å². The second-order valence-electron chi connectivity index (χ2n) is 8.76. The predicted octanol–water partition coefficient (Wildman–Crippen LogP) is 3.84. The summed E-state index contributed by atoms with van der Waals surface area (Å²) < 4.78 is 14.4. The van der Waals surface area contributed by atoms with Crippen LogP contribution in [0.2, 0.25) is 0 Å². The fourth-order valence-corrected chi connectivity index (χ4v) is 3.34. The molecule has 0 saturated heterocycles. The van der Waals surface area contributed by atoms with Gasteiger partial charge in [0.1, 0.15) is 0 Å². The van der Waals surface area contributed by atoms with Crippen LogP contribution in [0.3, 0.4) is 0 Å². The van der Waals surface area contributed by atoms with Crippen LogP contribution in [-0.2, 0) is 14.2 Å². The van der Waals surface area contributed by atoms with E-state index in [0.29, 0.717) is 46.2 Å². The largest absolute Gasteiger partial charge is 0.400 e. The van der Waals surface area contributed by atoms with Crippen molar-refractivity contribution < 1.29 is 44.8 Å². The molecule has 236 valence electrons. The number of hydrogen-bond acceptors (Lipinski definition) is 9. The van der Waals surface area contributed by atoms with Gasteiger partial charge in [-0.2, -0.15) is 0 Å². The second kappa shape index (κ2) is 53.0. The number of aliphatic hydroxyl groups is 6. The lowest BCUT2D eigenvalue weighted by Gasteiger charge is -2.03. The highest BCUT2D eigenvalue weighted by Gasteiger charge is 1.94. The van der Waals surface area contributed by atoms with Crippen molar-refractivity contribution in [3.8, 4) is 0 Å². The van der Waals surface area contributed by atoms with Gasteiger partial charge in [0, 0.05) is 13.7 Å².